The highest BCUT2D eigenvalue weighted by Gasteiger charge is 2.65. The summed E-state index contributed by atoms with van der Waals surface area (Å²) >= 11 is 0. The Balaban J connectivity index is 1.70. The van der Waals surface area contributed by atoms with Gasteiger partial charge >= 0.3 is 0 Å². The molecule has 3 bridgehead atoms. The molecular formula is C23H31N3O2. The van der Waals surface area contributed by atoms with Crippen LogP contribution in [0.4, 0.5) is 0 Å². The van der Waals surface area contributed by atoms with Crippen molar-refractivity contribution >= 4 is 11.9 Å². The van der Waals surface area contributed by atoms with Gasteiger partial charge in [-0.25, -0.2) is 4.99 Å². The molecule has 1 aromatic rings. The second kappa shape index (κ2) is 5.98. The number of nitrogens with two attached hydrogens (primary N) is 1. The lowest BCUT2D eigenvalue weighted by atomic mass is 9.45. The van der Waals surface area contributed by atoms with E-state index in [-0.39, 0.29) is 11.3 Å². The number of aliphatic imine (C=N–C) groups is 1. The first-order chi connectivity index (χ1) is 13.4. The standard InChI is InChI=1S/C23H31N3O2/c1-14-10-18(6-7-19(14)28-3)23(20(27)26(2)21(24)25-23)22-9-8-16-5-4-15(12-22)11-17(16)13-22/h6-7,10,15-17H,4-5,8-9,11-13H2,1-3H3,(H2,24,25). The average Bonchev–Trinajstić information content (AvgIpc) is 2.91. The van der Waals surface area contributed by atoms with Gasteiger partial charge in [-0.1, -0.05) is 12.5 Å². The molecule has 1 heterocycles. The smallest absolute Gasteiger partial charge is 0.262 e. The minimum Gasteiger partial charge on any atom is -0.496 e. The van der Waals surface area contributed by atoms with Crippen molar-refractivity contribution in [2.24, 2.45) is 33.9 Å². The van der Waals surface area contributed by atoms with Crippen LogP contribution in [0.5, 0.6) is 5.75 Å². The number of nitrogens with zero attached hydrogens (tertiary/aromatic N) is 2. The van der Waals surface area contributed by atoms with Gasteiger partial charge in [0.05, 0.1) is 7.11 Å². The number of benzene rings is 1. The van der Waals surface area contributed by atoms with Crippen LogP contribution in [0, 0.1) is 30.1 Å². The topological polar surface area (TPSA) is 67.9 Å². The summed E-state index contributed by atoms with van der Waals surface area (Å²) in [4.78, 5) is 20.4. The van der Waals surface area contributed by atoms with E-state index in [1.165, 1.54) is 25.7 Å². The quantitative estimate of drug-likeness (QED) is 0.870. The molecule has 1 aromatic carbocycles. The number of fused-ring (bicyclic) bond motifs is 2. The molecule has 5 atom stereocenters. The van der Waals surface area contributed by atoms with Crippen molar-refractivity contribution < 1.29 is 9.53 Å². The minimum atomic E-state index is -0.887. The van der Waals surface area contributed by atoms with Gasteiger partial charge in [0.15, 0.2) is 11.5 Å². The number of guanidine groups is 1. The van der Waals surface area contributed by atoms with Gasteiger partial charge in [-0.15, -0.1) is 0 Å². The van der Waals surface area contributed by atoms with Crippen LogP contribution in [0.15, 0.2) is 23.2 Å². The number of carbonyl (C=O) groups excluding carboxylic acids is 1. The van der Waals surface area contributed by atoms with Gasteiger partial charge in [0.1, 0.15) is 5.75 Å². The van der Waals surface area contributed by atoms with Crippen LogP contribution in [-0.2, 0) is 10.3 Å². The monoisotopic (exact) mass is 381 g/mol. The molecule has 150 valence electrons. The zero-order valence-corrected chi connectivity index (χ0v) is 17.2. The second-order valence-corrected chi connectivity index (χ2v) is 9.66. The fourth-order valence-electron chi connectivity index (χ4n) is 7.10. The third-order valence-electron chi connectivity index (χ3n) is 8.39. The fraction of sp³-hybridized carbons (Fsp3) is 0.652. The molecule has 0 aromatic heterocycles. The van der Waals surface area contributed by atoms with Gasteiger partial charge in [-0.3, -0.25) is 9.69 Å². The maximum Gasteiger partial charge on any atom is 0.262 e. The van der Waals surface area contributed by atoms with Crippen LogP contribution in [0.25, 0.3) is 0 Å². The van der Waals surface area contributed by atoms with Crippen LogP contribution in [-0.4, -0.2) is 30.9 Å². The van der Waals surface area contributed by atoms with E-state index in [4.69, 9.17) is 15.5 Å². The van der Waals surface area contributed by atoms with Crippen molar-refractivity contribution in [2.75, 3.05) is 14.2 Å². The lowest BCUT2D eigenvalue weighted by Gasteiger charge is -2.59. The van der Waals surface area contributed by atoms with Gasteiger partial charge in [0.25, 0.3) is 5.91 Å². The minimum absolute atomic E-state index is 0.0491. The number of carbonyl (C=O) groups is 1. The SMILES string of the molecule is COc1ccc(C2(C34CCC5CCC(CC5C3)C4)N=C(N)N(C)C2=O)cc1C. The van der Waals surface area contributed by atoms with E-state index in [1.807, 2.05) is 19.1 Å². The first-order valence-corrected chi connectivity index (χ1v) is 10.7. The van der Waals surface area contributed by atoms with E-state index >= 15 is 0 Å². The van der Waals surface area contributed by atoms with Crippen molar-refractivity contribution in [2.45, 2.75) is 57.4 Å². The summed E-state index contributed by atoms with van der Waals surface area (Å²) in [6.07, 6.45) is 8.52. The van der Waals surface area contributed by atoms with Gasteiger partial charge in [0.2, 0.25) is 0 Å². The van der Waals surface area contributed by atoms with E-state index in [9.17, 15) is 4.79 Å². The first-order valence-electron chi connectivity index (χ1n) is 10.7. The Morgan fingerprint density at radius 1 is 1.21 bits per heavy atom. The van der Waals surface area contributed by atoms with Crippen molar-refractivity contribution in [3.8, 4) is 5.75 Å². The molecular weight excluding hydrogens is 350 g/mol. The third-order valence-corrected chi connectivity index (χ3v) is 8.39. The second-order valence-electron chi connectivity index (χ2n) is 9.66. The highest BCUT2D eigenvalue weighted by atomic mass is 16.5. The molecule has 28 heavy (non-hydrogen) atoms. The number of ether oxygens (including phenoxy) is 1. The van der Waals surface area contributed by atoms with Gasteiger partial charge in [0, 0.05) is 12.5 Å². The Morgan fingerprint density at radius 2 is 2.04 bits per heavy atom. The Hall–Kier alpha value is -2.04. The number of amides is 1. The Labute approximate surface area is 167 Å². The fourth-order valence-corrected chi connectivity index (χ4v) is 7.10. The van der Waals surface area contributed by atoms with E-state index < -0.39 is 5.54 Å². The first kappa shape index (κ1) is 18.0. The predicted octanol–water partition coefficient (Wildman–Crippen LogP) is 3.59. The highest BCUT2D eigenvalue weighted by Crippen LogP contribution is 2.66. The van der Waals surface area contributed by atoms with Crippen LogP contribution >= 0.6 is 0 Å². The zero-order chi connectivity index (χ0) is 19.7. The van der Waals surface area contributed by atoms with Crippen molar-refractivity contribution in [1.29, 1.82) is 0 Å². The molecule has 1 amide bonds. The van der Waals surface area contributed by atoms with Crippen molar-refractivity contribution in [1.82, 2.24) is 4.90 Å². The molecule has 5 heteroatoms. The summed E-state index contributed by atoms with van der Waals surface area (Å²) in [5, 5.41) is 0. The maximum atomic E-state index is 13.8. The number of rotatable bonds is 3. The zero-order valence-electron chi connectivity index (χ0n) is 17.2. The molecule has 4 aliphatic rings. The van der Waals surface area contributed by atoms with Crippen molar-refractivity contribution in [3.63, 3.8) is 0 Å². The van der Waals surface area contributed by atoms with Crippen LogP contribution in [0.3, 0.4) is 0 Å². The summed E-state index contributed by atoms with van der Waals surface area (Å²) in [7, 11) is 3.45. The molecule has 5 nitrogen and oxygen atoms in total. The highest BCUT2D eigenvalue weighted by molar-refractivity contribution is 6.07. The molecule has 0 spiro atoms. The van der Waals surface area contributed by atoms with Crippen LogP contribution < -0.4 is 10.5 Å². The van der Waals surface area contributed by atoms with Crippen molar-refractivity contribution in [3.05, 3.63) is 29.3 Å². The Kier molecular flexibility index (Phi) is 3.85. The van der Waals surface area contributed by atoms with E-state index in [1.54, 1.807) is 19.1 Å². The summed E-state index contributed by atoms with van der Waals surface area (Å²) in [6, 6.07) is 6.14. The number of methoxy groups -OCH3 is 1. The summed E-state index contributed by atoms with van der Waals surface area (Å²) in [5.41, 5.74) is 7.27. The van der Waals surface area contributed by atoms with E-state index in [2.05, 4.69) is 6.07 Å². The third kappa shape index (κ3) is 2.19. The molecule has 3 fully saturated rings. The lowest BCUT2D eigenvalue weighted by molar-refractivity contribution is -0.145. The summed E-state index contributed by atoms with van der Waals surface area (Å²) < 4.78 is 5.47. The summed E-state index contributed by atoms with van der Waals surface area (Å²) in [5.74, 6) is 3.55. The number of likely N-dealkylation sites (N-methyl/N-ethyl adjacent to an activating group) is 1. The summed E-state index contributed by atoms with van der Waals surface area (Å²) in [6.45, 7) is 2.04. The molecule has 3 aliphatic carbocycles. The molecule has 0 radical (unpaired) electrons. The molecule has 5 unspecified atom stereocenters. The van der Waals surface area contributed by atoms with Crippen LogP contribution in [0.1, 0.15) is 56.1 Å². The number of hydrogen-bond donors (Lipinski definition) is 1. The molecule has 5 rings (SSSR count). The molecule has 1 aliphatic heterocycles. The normalized spacial score (nSPS) is 39.2. The average molecular weight is 382 g/mol. The molecule has 2 N–H and O–H groups in total. The lowest BCUT2D eigenvalue weighted by Crippen LogP contribution is -2.58. The van der Waals surface area contributed by atoms with E-state index in [0.29, 0.717) is 5.96 Å². The Morgan fingerprint density at radius 3 is 2.71 bits per heavy atom. The molecule has 0 saturated heterocycles. The molecule has 3 saturated carbocycles. The predicted molar refractivity (Wildman–Crippen MR) is 109 cm³/mol. The van der Waals surface area contributed by atoms with E-state index in [0.717, 1.165) is 53.9 Å². The Bertz CT molecular complexity index is 861. The van der Waals surface area contributed by atoms with Gasteiger partial charge < -0.3 is 10.5 Å². The van der Waals surface area contributed by atoms with Gasteiger partial charge in [-0.2, -0.15) is 0 Å². The number of hydrogen-bond acceptors (Lipinski definition) is 4. The largest absolute Gasteiger partial charge is 0.496 e. The van der Waals surface area contributed by atoms with Gasteiger partial charge in [-0.05, 0) is 86.5 Å². The number of aryl methyl sites for hydroxylation is 1. The van der Waals surface area contributed by atoms with Crippen LogP contribution in [0.2, 0.25) is 0 Å². The maximum absolute atomic E-state index is 13.8.